The van der Waals surface area contributed by atoms with E-state index in [1.807, 2.05) is 0 Å². The monoisotopic (exact) mass is 239 g/mol. The van der Waals surface area contributed by atoms with E-state index in [-0.39, 0.29) is 0 Å². The summed E-state index contributed by atoms with van der Waals surface area (Å²) in [5.41, 5.74) is 0. The van der Waals surface area contributed by atoms with Gasteiger partial charge in [-0.2, -0.15) is 5.10 Å². The molecule has 0 unspecified atom stereocenters. The van der Waals surface area contributed by atoms with Crippen LogP contribution in [0.3, 0.4) is 0 Å². The lowest BCUT2D eigenvalue weighted by Crippen LogP contribution is -2.10. The Morgan fingerprint density at radius 2 is 1.88 bits per heavy atom. The molecule has 1 N–H and O–H groups in total. The molecule has 0 aliphatic heterocycles. The summed E-state index contributed by atoms with van der Waals surface area (Å²) in [6, 6.07) is 0. The van der Waals surface area contributed by atoms with E-state index < -0.39 is 0 Å². The number of nitrogens with one attached hydrogen (secondary N) is 1. The predicted molar refractivity (Wildman–Crippen MR) is 68.1 cm³/mol. The Kier molecular flexibility index (Phi) is 4.16. The zero-order valence-corrected chi connectivity index (χ0v) is 10.9. The second-order valence-corrected chi connectivity index (χ2v) is 5.06. The van der Waals surface area contributed by atoms with Crippen molar-refractivity contribution in [1.82, 2.24) is 14.8 Å². The van der Waals surface area contributed by atoms with Gasteiger partial charge in [-0.05, 0) is 32.0 Å². The highest BCUT2D eigenvalue weighted by Gasteiger charge is 2.18. The summed E-state index contributed by atoms with van der Waals surface area (Å²) in [5, 5.41) is 7.37. The van der Waals surface area contributed by atoms with Crippen LogP contribution in [-0.4, -0.2) is 14.8 Å². The van der Waals surface area contributed by atoms with Crippen molar-refractivity contribution in [3.05, 3.63) is 10.6 Å². The van der Waals surface area contributed by atoms with Crippen molar-refractivity contribution in [3.63, 3.8) is 0 Å². The van der Waals surface area contributed by atoms with Crippen LogP contribution in [0.25, 0.3) is 0 Å². The Hall–Kier alpha value is -0.640. The highest BCUT2D eigenvalue weighted by molar-refractivity contribution is 7.71. The molecule has 0 amide bonds. The quantitative estimate of drug-likeness (QED) is 0.797. The molecule has 1 aromatic heterocycles. The van der Waals surface area contributed by atoms with Gasteiger partial charge in [0.1, 0.15) is 5.82 Å². The van der Waals surface area contributed by atoms with Gasteiger partial charge in [0, 0.05) is 12.5 Å². The highest BCUT2D eigenvalue weighted by atomic mass is 32.1. The van der Waals surface area contributed by atoms with Gasteiger partial charge in [0.25, 0.3) is 0 Å². The van der Waals surface area contributed by atoms with Crippen molar-refractivity contribution < 1.29 is 0 Å². The summed E-state index contributed by atoms with van der Waals surface area (Å²) in [7, 11) is 0. The van der Waals surface area contributed by atoms with Gasteiger partial charge in [0.15, 0.2) is 4.77 Å². The van der Waals surface area contributed by atoms with Crippen LogP contribution >= 0.6 is 12.2 Å². The van der Waals surface area contributed by atoms with E-state index in [4.69, 9.17) is 12.2 Å². The van der Waals surface area contributed by atoms with E-state index in [0.29, 0.717) is 5.92 Å². The average Bonchev–Trinajstić information content (AvgIpc) is 2.59. The minimum Gasteiger partial charge on any atom is -0.304 e. The molecule has 16 heavy (non-hydrogen) atoms. The predicted octanol–water partition coefficient (Wildman–Crippen LogP) is 3.79. The molecule has 3 nitrogen and oxygen atoms in total. The number of hydrogen-bond donors (Lipinski definition) is 1. The van der Waals surface area contributed by atoms with Gasteiger partial charge in [-0.15, -0.1) is 0 Å². The van der Waals surface area contributed by atoms with E-state index in [2.05, 4.69) is 21.7 Å². The third-order valence-corrected chi connectivity index (χ3v) is 3.89. The molecule has 0 radical (unpaired) electrons. The average molecular weight is 239 g/mol. The summed E-state index contributed by atoms with van der Waals surface area (Å²) < 4.78 is 2.93. The number of rotatable bonds is 2. The third-order valence-electron chi connectivity index (χ3n) is 3.57. The van der Waals surface area contributed by atoms with E-state index in [0.717, 1.165) is 11.3 Å². The summed E-state index contributed by atoms with van der Waals surface area (Å²) in [6.45, 7) is 3.07. The topological polar surface area (TPSA) is 33.6 Å². The van der Waals surface area contributed by atoms with Crippen LogP contribution in [0.4, 0.5) is 0 Å². The van der Waals surface area contributed by atoms with Gasteiger partial charge in [-0.25, -0.2) is 0 Å². The van der Waals surface area contributed by atoms with Gasteiger partial charge < -0.3 is 4.57 Å². The van der Waals surface area contributed by atoms with Crippen LogP contribution < -0.4 is 0 Å². The van der Waals surface area contributed by atoms with Crippen LogP contribution in [0.2, 0.25) is 0 Å². The first-order chi connectivity index (χ1) is 7.83. The van der Waals surface area contributed by atoms with Gasteiger partial charge in [0.05, 0.1) is 0 Å². The molecule has 1 heterocycles. The Labute approximate surface area is 102 Å². The van der Waals surface area contributed by atoms with Crippen LogP contribution in [0.15, 0.2) is 0 Å². The minimum absolute atomic E-state index is 0.619. The fourth-order valence-corrected chi connectivity index (χ4v) is 2.93. The lowest BCUT2D eigenvalue weighted by molar-refractivity contribution is 0.430. The molecule has 90 valence electrons. The van der Waals surface area contributed by atoms with Crippen LogP contribution in [0, 0.1) is 4.77 Å². The second-order valence-electron chi connectivity index (χ2n) is 4.67. The van der Waals surface area contributed by atoms with Gasteiger partial charge in [0.2, 0.25) is 0 Å². The summed E-state index contributed by atoms with van der Waals surface area (Å²) >= 11 is 5.25. The number of hydrogen-bond acceptors (Lipinski definition) is 2. The van der Waals surface area contributed by atoms with Gasteiger partial charge >= 0.3 is 0 Å². The molecular formula is C12H21N3S. The molecule has 2 rings (SSSR count). The van der Waals surface area contributed by atoms with E-state index in [1.165, 1.54) is 50.8 Å². The van der Waals surface area contributed by atoms with Crippen molar-refractivity contribution in [2.24, 2.45) is 0 Å². The number of nitrogens with zero attached hydrogens (tertiary/aromatic N) is 2. The Bertz CT molecular complexity index is 372. The van der Waals surface area contributed by atoms with Crippen molar-refractivity contribution >= 4 is 12.2 Å². The van der Waals surface area contributed by atoms with Crippen molar-refractivity contribution in [3.8, 4) is 0 Å². The number of H-pyrrole nitrogens is 1. The largest absolute Gasteiger partial charge is 0.304 e. The van der Waals surface area contributed by atoms with Crippen molar-refractivity contribution in [2.75, 3.05) is 0 Å². The van der Waals surface area contributed by atoms with Crippen LogP contribution in [-0.2, 0) is 6.54 Å². The standard InChI is InChI=1S/C12H21N3S/c1-2-15-11(13-14-12(15)16)10-8-6-4-3-5-7-9-10/h10H,2-9H2,1H3,(H,14,16). The number of aromatic nitrogens is 3. The van der Waals surface area contributed by atoms with Gasteiger partial charge in [-0.3, -0.25) is 5.10 Å². The molecule has 1 saturated carbocycles. The molecule has 4 heteroatoms. The Morgan fingerprint density at radius 3 is 2.50 bits per heavy atom. The first-order valence-electron chi connectivity index (χ1n) is 6.48. The van der Waals surface area contributed by atoms with E-state index >= 15 is 0 Å². The maximum atomic E-state index is 5.25. The normalized spacial score (nSPS) is 19.3. The molecule has 1 fully saturated rings. The lowest BCUT2D eigenvalue weighted by atomic mass is 9.90. The van der Waals surface area contributed by atoms with Crippen molar-refractivity contribution in [1.29, 1.82) is 0 Å². The summed E-state index contributed by atoms with van der Waals surface area (Å²) in [6.07, 6.45) is 9.41. The molecule has 0 spiro atoms. The first kappa shape index (κ1) is 11.8. The zero-order chi connectivity index (χ0) is 11.4. The molecule has 1 aromatic rings. The maximum absolute atomic E-state index is 5.25. The SMILES string of the molecule is CCn1c(C2CCCCCCC2)n[nH]c1=S. The lowest BCUT2D eigenvalue weighted by Gasteiger charge is -2.19. The van der Waals surface area contributed by atoms with E-state index in [9.17, 15) is 0 Å². The van der Waals surface area contributed by atoms with E-state index in [1.54, 1.807) is 0 Å². The smallest absolute Gasteiger partial charge is 0.195 e. The fraction of sp³-hybridized carbons (Fsp3) is 0.833. The van der Waals surface area contributed by atoms with Gasteiger partial charge in [-0.1, -0.05) is 32.1 Å². The summed E-state index contributed by atoms with van der Waals surface area (Å²) in [5.74, 6) is 1.81. The molecule has 1 aliphatic rings. The van der Waals surface area contributed by atoms with Crippen molar-refractivity contribution in [2.45, 2.75) is 64.3 Å². The first-order valence-corrected chi connectivity index (χ1v) is 6.89. The highest BCUT2D eigenvalue weighted by Crippen LogP contribution is 2.29. The van der Waals surface area contributed by atoms with Crippen LogP contribution in [0.5, 0.6) is 0 Å². The molecule has 0 bridgehead atoms. The molecule has 0 aromatic carbocycles. The minimum atomic E-state index is 0.619. The second kappa shape index (κ2) is 5.62. The Morgan fingerprint density at radius 1 is 1.25 bits per heavy atom. The molecule has 0 atom stereocenters. The molecular weight excluding hydrogens is 218 g/mol. The maximum Gasteiger partial charge on any atom is 0.195 e. The Balaban J connectivity index is 2.17. The summed E-state index contributed by atoms with van der Waals surface area (Å²) in [4.78, 5) is 0. The number of aromatic amines is 1. The van der Waals surface area contributed by atoms with Crippen LogP contribution in [0.1, 0.15) is 63.6 Å². The third kappa shape index (κ3) is 2.54. The molecule has 1 aliphatic carbocycles. The fourth-order valence-electron chi connectivity index (χ4n) is 2.66. The zero-order valence-electron chi connectivity index (χ0n) is 10.0. The molecule has 0 saturated heterocycles.